The Morgan fingerprint density at radius 2 is 1.02 bits per heavy atom. The molecule has 1 aromatic heterocycles. The maximum Gasteiger partial charge on any atom is 0.135 e. The molecule has 0 amide bonds. The topological polar surface area (TPSA) is 16.4 Å². The number of hydrogen-bond donors (Lipinski definition) is 0. The maximum atomic E-state index is 6.19. The van der Waals surface area contributed by atoms with Crippen molar-refractivity contribution in [1.82, 2.24) is 0 Å². The molecule has 1 aliphatic rings. The van der Waals surface area contributed by atoms with Crippen molar-refractivity contribution < 1.29 is 4.42 Å². The van der Waals surface area contributed by atoms with Crippen LogP contribution in [0, 0.1) is 0 Å². The largest absolute Gasteiger partial charge is 0.456 e. The van der Waals surface area contributed by atoms with Crippen LogP contribution in [0.2, 0.25) is 0 Å². The summed E-state index contributed by atoms with van der Waals surface area (Å²) in [5.74, 6) is 0. The predicted molar refractivity (Wildman–Crippen MR) is 240 cm³/mol. The number of fused-ring (bicyclic) bond motifs is 7. The first kappa shape index (κ1) is 33.2. The van der Waals surface area contributed by atoms with Gasteiger partial charge in [-0.3, -0.25) is 0 Å². The molecule has 2 nitrogen and oxygen atoms in total. The van der Waals surface area contributed by atoms with Crippen molar-refractivity contribution in [2.24, 2.45) is 0 Å². The SMILES string of the molecule is CC1(C)c2ccccc2-c2ccc(-c3ccccc3N(c3ccc(-c4ccc5ccccc5c4)cc3)c3cccc(-c4ccc5oc6ccccc6c5c4)c3)cc21. The van der Waals surface area contributed by atoms with Gasteiger partial charge in [0.25, 0.3) is 0 Å². The summed E-state index contributed by atoms with van der Waals surface area (Å²) in [5, 5.41) is 4.75. The number of rotatable bonds is 6. The van der Waals surface area contributed by atoms with Crippen molar-refractivity contribution >= 4 is 49.8 Å². The molecule has 0 bridgehead atoms. The highest BCUT2D eigenvalue weighted by Crippen LogP contribution is 2.51. The second-order valence-electron chi connectivity index (χ2n) is 15.8. The lowest BCUT2D eigenvalue weighted by Crippen LogP contribution is -2.15. The molecule has 0 spiro atoms. The van der Waals surface area contributed by atoms with Gasteiger partial charge in [-0.05, 0) is 122 Å². The molecule has 0 saturated carbocycles. The second kappa shape index (κ2) is 13.0. The molecule has 270 valence electrons. The first-order chi connectivity index (χ1) is 28.0. The zero-order valence-electron chi connectivity index (χ0n) is 31.9. The van der Waals surface area contributed by atoms with Crippen LogP contribution in [0.5, 0.6) is 0 Å². The lowest BCUT2D eigenvalue weighted by molar-refractivity contribution is 0.660. The summed E-state index contributed by atoms with van der Waals surface area (Å²) in [6.45, 7) is 4.71. The Labute approximate surface area is 332 Å². The van der Waals surface area contributed by atoms with Gasteiger partial charge in [0.2, 0.25) is 0 Å². The molecule has 0 N–H and O–H groups in total. The zero-order chi connectivity index (χ0) is 38.1. The van der Waals surface area contributed by atoms with Gasteiger partial charge in [-0.25, -0.2) is 0 Å². The van der Waals surface area contributed by atoms with Gasteiger partial charge in [0.15, 0.2) is 0 Å². The monoisotopic (exact) mass is 729 g/mol. The third-order valence-corrected chi connectivity index (χ3v) is 12.1. The Kier molecular flexibility index (Phi) is 7.55. The third kappa shape index (κ3) is 5.48. The molecule has 0 saturated heterocycles. The van der Waals surface area contributed by atoms with Gasteiger partial charge in [-0.15, -0.1) is 0 Å². The van der Waals surface area contributed by atoms with Crippen molar-refractivity contribution in [2.75, 3.05) is 4.90 Å². The van der Waals surface area contributed by atoms with Crippen molar-refractivity contribution in [2.45, 2.75) is 19.3 Å². The van der Waals surface area contributed by atoms with E-state index in [9.17, 15) is 0 Å². The van der Waals surface area contributed by atoms with E-state index in [1.807, 2.05) is 12.1 Å². The Morgan fingerprint density at radius 3 is 1.91 bits per heavy atom. The van der Waals surface area contributed by atoms with Crippen LogP contribution < -0.4 is 4.90 Å². The molecule has 0 atom stereocenters. The van der Waals surface area contributed by atoms with Crippen LogP contribution in [0.1, 0.15) is 25.0 Å². The quantitative estimate of drug-likeness (QED) is 0.169. The van der Waals surface area contributed by atoms with E-state index < -0.39 is 0 Å². The van der Waals surface area contributed by atoms with E-state index in [0.29, 0.717) is 0 Å². The van der Waals surface area contributed by atoms with Crippen molar-refractivity contribution in [3.05, 3.63) is 211 Å². The highest BCUT2D eigenvalue weighted by atomic mass is 16.3. The number of benzene rings is 9. The van der Waals surface area contributed by atoms with E-state index in [4.69, 9.17) is 4.42 Å². The van der Waals surface area contributed by atoms with E-state index in [1.165, 1.54) is 55.3 Å². The third-order valence-electron chi connectivity index (χ3n) is 12.1. The summed E-state index contributed by atoms with van der Waals surface area (Å²) in [4.78, 5) is 2.42. The van der Waals surface area contributed by atoms with Crippen molar-refractivity contribution in [3.63, 3.8) is 0 Å². The van der Waals surface area contributed by atoms with Crippen molar-refractivity contribution in [3.8, 4) is 44.5 Å². The molecular weight excluding hydrogens is 691 g/mol. The van der Waals surface area contributed by atoms with Crippen LogP contribution in [0.25, 0.3) is 77.2 Å². The normalized spacial score (nSPS) is 12.9. The molecule has 57 heavy (non-hydrogen) atoms. The standard InChI is InChI=1S/C55H39NO/c1-55(2)50-19-8-5-17-46(50)47-30-26-42(35-51(47)55)45-16-6-9-20-52(45)56(43-28-24-37(25-29-43)40-23-22-36-12-3-4-13-38(36)32-40)44-15-11-14-39(33-44)41-27-31-54-49(34-41)48-18-7-10-21-53(48)57-54/h3-35H,1-2H3. The zero-order valence-corrected chi connectivity index (χ0v) is 31.9. The Hall–Kier alpha value is -7.16. The first-order valence-electron chi connectivity index (χ1n) is 19.7. The van der Waals surface area contributed by atoms with Crippen LogP contribution >= 0.6 is 0 Å². The summed E-state index contributed by atoms with van der Waals surface area (Å²) in [7, 11) is 0. The minimum absolute atomic E-state index is 0.0924. The lowest BCUT2D eigenvalue weighted by atomic mass is 9.81. The Balaban J connectivity index is 1.06. The minimum Gasteiger partial charge on any atom is -0.456 e. The maximum absolute atomic E-state index is 6.19. The predicted octanol–water partition coefficient (Wildman–Crippen LogP) is 15.5. The van der Waals surface area contributed by atoms with Crippen LogP contribution in [0.15, 0.2) is 205 Å². The molecule has 1 aliphatic carbocycles. The highest BCUT2D eigenvalue weighted by molar-refractivity contribution is 6.06. The first-order valence-corrected chi connectivity index (χ1v) is 19.7. The number of furan rings is 1. The van der Waals surface area contributed by atoms with Gasteiger partial charge in [0.05, 0.1) is 5.69 Å². The average molecular weight is 730 g/mol. The van der Waals surface area contributed by atoms with E-state index in [0.717, 1.165) is 50.1 Å². The number of nitrogens with zero attached hydrogens (tertiary/aromatic N) is 1. The fourth-order valence-electron chi connectivity index (χ4n) is 9.11. The smallest absolute Gasteiger partial charge is 0.135 e. The van der Waals surface area contributed by atoms with Crippen LogP contribution in [-0.4, -0.2) is 0 Å². The number of hydrogen-bond acceptors (Lipinski definition) is 2. The molecular formula is C55H39NO. The summed E-state index contributed by atoms with van der Waals surface area (Å²) >= 11 is 0. The highest BCUT2D eigenvalue weighted by Gasteiger charge is 2.35. The summed E-state index contributed by atoms with van der Waals surface area (Å²) < 4.78 is 6.19. The molecule has 0 aliphatic heterocycles. The van der Waals surface area contributed by atoms with Gasteiger partial charge in [-0.2, -0.15) is 0 Å². The van der Waals surface area contributed by atoms with E-state index in [2.05, 4.69) is 207 Å². The summed E-state index contributed by atoms with van der Waals surface area (Å²) in [6, 6.07) is 72.8. The summed E-state index contributed by atoms with van der Waals surface area (Å²) in [6.07, 6.45) is 0. The van der Waals surface area contributed by atoms with Gasteiger partial charge in [0, 0.05) is 33.1 Å². The lowest BCUT2D eigenvalue weighted by Gasteiger charge is -2.29. The minimum atomic E-state index is -0.0924. The molecule has 11 rings (SSSR count). The molecule has 0 radical (unpaired) electrons. The fourth-order valence-corrected chi connectivity index (χ4v) is 9.11. The molecule has 2 heteroatoms. The Morgan fingerprint density at radius 1 is 0.368 bits per heavy atom. The van der Waals surface area contributed by atoms with Gasteiger partial charge < -0.3 is 9.32 Å². The van der Waals surface area contributed by atoms with Crippen molar-refractivity contribution in [1.29, 1.82) is 0 Å². The molecule has 10 aromatic rings. The summed E-state index contributed by atoms with van der Waals surface area (Å²) in [5.41, 5.74) is 17.5. The molecule has 1 heterocycles. The van der Waals surface area contributed by atoms with Crippen LogP contribution in [0.4, 0.5) is 17.1 Å². The van der Waals surface area contributed by atoms with Gasteiger partial charge in [-0.1, -0.05) is 153 Å². The average Bonchev–Trinajstić information content (AvgIpc) is 3.75. The fraction of sp³-hybridized carbons (Fsp3) is 0.0545. The van der Waals surface area contributed by atoms with Crippen LogP contribution in [0.3, 0.4) is 0 Å². The second-order valence-corrected chi connectivity index (χ2v) is 15.8. The van der Waals surface area contributed by atoms with E-state index >= 15 is 0 Å². The molecule has 0 fully saturated rings. The van der Waals surface area contributed by atoms with Gasteiger partial charge in [0.1, 0.15) is 11.2 Å². The Bertz CT molecular complexity index is 3170. The number of anilines is 3. The van der Waals surface area contributed by atoms with E-state index in [-0.39, 0.29) is 5.41 Å². The number of para-hydroxylation sites is 2. The molecule has 0 unspecified atom stereocenters. The van der Waals surface area contributed by atoms with E-state index in [1.54, 1.807) is 0 Å². The van der Waals surface area contributed by atoms with Crippen LogP contribution in [-0.2, 0) is 5.41 Å². The van der Waals surface area contributed by atoms with Gasteiger partial charge >= 0.3 is 0 Å². The molecule has 9 aromatic carbocycles.